The Labute approximate surface area is 86.0 Å². The Bertz CT molecular complexity index is 292. The summed E-state index contributed by atoms with van der Waals surface area (Å²) >= 11 is 0. The van der Waals surface area contributed by atoms with Gasteiger partial charge < -0.3 is 5.73 Å². The number of hydrogen-bond donors (Lipinski definition) is 1. The summed E-state index contributed by atoms with van der Waals surface area (Å²) in [7, 11) is -2.70. The Morgan fingerprint density at radius 1 is 1.21 bits per heavy atom. The molecule has 1 aliphatic heterocycles. The highest BCUT2D eigenvalue weighted by Crippen LogP contribution is 2.37. The van der Waals surface area contributed by atoms with Crippen molar-refractivity contribution in [3.63, 3.8) is 0 Å². The maximum absolute atomic E-state index is 11.2. The SMILES string of the molecule is NC1(CC2CCS(=O)(=O)CC2)CCC1. The van der Waals surface area contributed by atoms with Gasteiger partial charge in [0.2, 0.25) is 0 Å². The maximum Gasteiger partial charge on any atom is 0.150 e. The second-order valence-electron chi connectivity index (χ2n) is 5.02. The molecule has 0 aromatic heterocycles. The first-order chi connectivity index (χ1) is 6.49. The predicted octanol–water partition coefficient (Wildman–Crippen LogP) is 1.08. The molecule has 0 spiro atoms. The van der Waals surface area contributed by atoms with Crippen molar-refractivity contribution in [3.8, 4) is 0 Å². The first kappa shape index (κ1) is 10.4. The molecule has 2 fully saturated rings. The minimum absolute atomic E-state index is 0.0613. The summed E-state index contributed by atoms with van der Waals surface area (Å²) in [6.07, 6.45) is 6.24. The second-order valence-corrected chi connectivity index (χ2v) is 7.32. The van der Waals surface area contributed by atoms with Crippen molar-refractivity contribution in [2.24, 2.45) is 11.7 Å². The van der Waals surface area contributed by atoms with E-state index in [4.69, 9.17) is 5.73 Å². The van der Waals surface area contributed by atoms with E-state index in [2.05, 4.69) is 0 Å². The predicted molar refractivity (Wildman–Crippen MR) is 56.8 cm³/mol. The number of sulfone groups is 1. The van der Waals surface area contributed by atoms with Gasteiger partial charge in [0, 0.05) is 5.54 Å². The van der Waals surface area contributed by atoms with Gasteiger partial charge in [-0.3, -0.25) is 0 Å². The van der Waals surface area contributed by atoms with Gasteiger partial charge in [-0.1, -0.05) is 0 Å². The van der Waals surface area contributed by atoms with Crippen LogP contribution in [0.25, 0.3) is 0 Å². The van der Waals surface area contributed by atoms with Crippen LogP contribution in [0.1, 0.15) is 38.5 Å². The molecule has 0 atom stereocenters. The normalized spacial score (nSPS) is 30.9. The number of hydrogen-bond acceptors (Lipinski definition) is 3. The molecule has 0 amide bonds. The standard InChI is InChI=1S/C10H19NO2S/c11-10(4-1-5-10)8-9-2-6-14(12,13)7-3-9/h9H,1-8,11H2. The Morgan fingerprint density at radius 3 is 2.21 bits per heavy atom. The first-order valence-electron chi connectivity index (χ1n) is 5.48. The zero-order valence-corrected chi connectivity index (χ0v) is 9.35. The van der Waals surface area contributed by atoms with Gasteiger partial charge in [-0.25, -0.2) is 8.42 Å². The zero-order chi connectivity index (χ0) is 10.2. The molecule has 2 N–H and O–H groups in total. The van der Waals surface area contributed by atoms with Crippen LogP contribution in [0.5, 0.6) is 0 Å². The van der Waals surface area contributed by atoms with E-state index < -0.39 is 9.84 Å². The summed E-state index contributed by atoms with van der Waals surface area (Å²) in [5, 5.41) is 0. The summed E-state index contributed by atoms with van der Waals surface area (Å²) in [5.41, 5.74) is 6.21. The average Bonchev–Trinajstić information content (AvgIpc) is 2.06. The smallest absolute Gasteiger partial charge is 0.150 e. The number of rotatable bonds is 2. The third-order valence-corrected chi connectivity index (χ3v) is 5.43. The third-order valence-electron chi connectivity index (χ3n) is 3.72. The molecule has 0 bridgehead atoms. The van der Waals surface area contributed by atoms with Crippen molar-refractivity contribution in [2.75, 3.05) is 11.5 Å². The second kappa shape index (κ2) is 3.49. The van der Waals surface area contributed by atoms with Gasteiger partial charge in [0.15, 0.2) is 0 Å². The van der Waals surface area contributed by atoms with Crippen LogP contribution in [0, 0.1) is 5.92 Å². The van der Waals surface area contributed by atoms with Crippen molar-refractivity contribution in [3.05, 3.63) is 0 Å². The Kier molecular flexibility index (Phi) is 2.60. The highest BCUT2D eigenvalue weighted by molar-refractivity contribution is 7.91. The quantitative estimate of drug-likeness (QED) is 0.753. The summed E-state index contributed by atoms with van der Waals surface area (Å²) in [6.45, 7) is 0. The van der Waals surface area contributed by atoms with Gasteiger partial charge in [-0.2, -0.15) is 0 Å². The Balaban J connectivity index is 1.84. The summed E-state index contributed by atoms with van der Waals surface area (Å²) in [4.78, 5) is 0. The molecule has 0 aromatic rings. The Hall–Kier alpha value is -0.0900. The lowest BCUT2D eigenvalue weighted by Gasteiger charge is -2.41. The highest BCUT2D eigenvalue weighted by atomic mass is 32.2. The van der Waals surface area contributed by atoms with E-state index in [1.807, 2.05) is 0 Å². The van der Waals surface area contributed by atoms with Crippen LogP contribution < -0.4 is 5.73 Å². The van der Waals surface area contributed by atoms with Crippen molar-refractivity contribution < 1.29 is 8.42 Å². The molecule has 1 saturated carbocycles. The molecular weight excluding hydrogens is 198 g/mol. The lowest BCUT2D eigenvalue weighted by atomic mass is 9.71. The minimum atomic E-state index is -2.70. The van der Waals surface area contributed by atoms with Crippen LogP contribution in [-0.4, -0.2) is 25.5 Å². The van der Waals surface area contributed by atoms with E-state index in [0.29, 0.717) is 17.4 Å². The van der Waals surface area contributed by atoms with Crippen LogP contribution in [0.3, 0.4) is 0 Å². The van der Waals surface area contributed by atoms with Crippen LogP contribution in [0.4, 0.5) is 0 Å². The molecule has 2 rings (SSSR count). The van der Waals surface area contributed by atoms with Gasteiger partial charge in [0.1, 0.15) is 9.84 Å². The van der Waals surface area contributed by atoms with Gasteiger partial charge in [0.25, 0.3) is 0 Å². The summed E-state index contributed by atoms with van der Waals surface area (Å²) < 4.78 is 22.4. The summed E-state index contributed by atoms with van der Waals surface area (Å²) in [5.74, 6) is 1.32. The monoisotopic (exact) mass is 217 g/mol. The van der Waals surface area contributed by atoms with Crippen LogP contribution in [0.2, 0.25) is 0 Å². The van der Waals surface area contributed by atoms with Crippen molar-refractivity contribution in [1.29, 1.82) is 0 Å². The zero-order valence-electron chi connectivity index (χ0n) is 8.54. The molecule has 0 aromatic carbocycles. The molecular formula is C10H19NO2S. The molecule has 2 aliphatic rings. The average molecular weight is 217 g/mol. The van der Waals surface area contributed by atoms with E-state index in [1.165, 1.54) is 6.42 Å². The van der Waals surface area contributed by atoms with E-state index in [-0.39, 0.29) is 5.54 Å². The molecule has 82 valence electrons. The largest absolute Gasteiger partial charge is 0.325 e. The molecule has 0 unspecified atom stereocenters. The van der Waals surface area contributed by atoms with Gasteiger partial charge in [-0.15, -0.1) is 0 Å². The fourth-order valence-corrected chi connectivity index (χ4v) is 4.14. The van der Waals surface area contributed by atoms with Crippen LogP contribution >= 0.6 is 0 Å². The van der Waals surface area contributed by atoms with Gasteiger partial charge in [-0.05, 0) is 44.4 Å². The summed E-state index contributed by atoms with van der Waals surface area (Å²) in [6, 6.07) is 0. The lowest BCUT2D eigenvalue weighted by Crippen LogP contribution is -2.48. The van der Waals surface area contributed by atoms with E-state index in [9.17, 15) is 8.42 Å². The van der Waals surface area contributed by atoms with Crippen LogP contribution in [-0.2, 0) is 9.84 Å². The lowest BCUT2D eigenvalue weighted by molar-refractivity contribution is 0.189. The van der Waals surface area contributed by atoms with E-state index in [1.54, 1.807) is 0 Å². The fraction of sp³-hybridized carbons (Fsp3) is 1.00. The molecule has 1 heterocycles. The molecule has 1 aliphatic carbocycles. The van der Waals surface area contributed by atoms with Crippen molar-refractivity contribution in [2.45, 2.75) is 44.1 Å². The van der Waals surface area contributed by atoms with Crippen molar-refractivity contribution in [1.82, 2.24) is 0 Å². The topological polar surface area (TPSA) is 60.2 Å². The molecule has 3 nitrogen and oxygen atoms in total. The third kappa shape index (κ3) is 2.28. The van der Waals surface area contributed by atoms with Gasteiger partial charge in [0.05, 0.1) is 11.5 Å². The van der Waals surface area contributed by atoms with Crippen LogP contribution in [0.15, 0.2) is 0 Å². The molecule has 14 heavy (non-hydrogen) atoms. The fourth-order valence-electron chi connectivity index (χ4n) is 2.55. The van der Waals surface area contributed by atoms with E-state index in [0.717, 1.165) is 32.1 Å². The Morgan fingerprint density at radius 2 is 1.79 bits per heavy atom. The first-order valence-corrected chi connectivity index (χ1v) is 7.31. The highest BCUT2D eigenvalue weighted by Gasteiger charge is 2.36. The molecule has 1 saturated heterocycles. The molecule has 0 radical (unpaired) electrons. The maximum atomic E-state index is 11.2. The molecule has 4 heteroatoms. The number of nitrogens with two attached hydrogens (primary N) is 1. The minimum Gasteiger partial charge on any atom is -0.325 e. The van der Waals surface area contributed by atoms with E-state index >= 15 is 0 Å². The van der Waals surface area contributed by atoms with Crippen molar-refractivity contribution >= 4 is 9.84 Å². The van der Waals surface area contributed by atoms with Gasteiger partial charge >= 0.3 is 0 Å².